The van der Waals surface area contributed by atoms with E-state index in [1.165, 1.54) is 0 Å². The maximum Gasteiger partial charge on any atom is 0.161 e. The zero-order chi connectivity index (χ0) is 13.0. The molecule has 1 aromatic heterocycles. The summed E-state index contributed by atoms with van der Waals surface area (Å²) in [6.45, 7) is 2.92. The minimum absolute atomic E-state index is 0.677. The predicted molar refractivity (Wildman–Crippen MR) is 73.5 cm³/mol. The summed E-state index contributed by atoms with van der Waals surface area (Å²) in [5.41, 5.74) is 6.44. The number of nitrogens with two attached hydrogens (primary N) is 1. The van der Waals surface area contributed by atoms with Crippen LogP contribution in [0.5, 0.6) is 0 Å². The monoisotopic (exact) mass is 283 g/mol. The second-order valence-corrected chi connectivity index (χ2v) is 5.22. The number of benzene rings is 1. The summed E-state index contributed by atoms with van der Waals surface area (Å²) < 4.78 is 1.81. The number of hydrogen-bond donors (Lipinski definition) is 1. The standard InChI is InChI=1S/C11H14ClN5S/c1-2-5-17-11(14-15-16-17)7-18-10-6-8(13)3-4-9(10)12/h3-4,6H,2,5,7,13H2,1H3. The van der Waals surface area contributed by atoms with Gasteiger partial charge in [0.15, 0.2) is 5.82 Å². The second-order valence-electron chi connectivity index (χ2n) is 3.80. The van der Waals surface area contributed by atoms with Crippen molar-refractivity contribution in [1.29, 1.82) is 0 Å². The van der Waals surface area contributed by atoms with E-state index in [0.717, 1.165) is 23.7 Å². The molecule has 0 aliphatic carbocycles. The summed E-state index contributed by atoms with van der Waals surface area (Å²) in [6.07, 6.45) is 1.00. The van der Waals surface area contributed by atoms with Crippen LogP contribution in [0, 0.1) is 0 Å². The molecule has 7 heteroatoms. The Bertz CT molecular complexity index is 528. The molecule has 0 unspecified atom stereocenters. The maximum absolute atomic E-state index is 6.10. The van der Waals surface area contributed by atoms with E-state index in [4.69, 9.17) is 17.3 Å². The quantitative estimate of drug-likeness (QED) is 0.675. The van der Waals surface area contributed by atoms with Crippen molar-refractivity contribution >= 4 is 29.1 Å². The Kier molecular flexibility index (Phi) is 4.43. The smallest absolute Gasteiger partial charge is 0.161 e. The molecule has 2 rings (SSSR count). The highest BCUT2D eigenvalue weighted by Crippen LogP contribution is 2.30. The third-order valence-corrected chi connectivity index (χ3v) is 3.85. The van der Waals surface area contributed by atoms with Gasteiger partial charge in [-0.25, -0.2) is 4.68 Å². The molecule has 1 heterocycles. The number of thioether (sulfide) groups is 1. The number of anilines is 1. The molecular weight excluding hydrogens is 270 g/mol. The van der Waals surface area contributed by atoms with Crippen molar-refractivity contribution in [3.05, 3.63) is 29.0 Å². The van der Waals surface area contributed by atoms with Gasteiger partial charge in [-0.3, -0.25) is 0 Å². The molecule has 0 saturated carbocycles. The van der Waals surface area contributed by atoms with Crippen LogP contribution in [-0.2, 0) is 12.3 Å². The van der Waals surface area contributed by atoms with Gasteiger partial charge in [-0.2, -0.15) is 0 Å². The fourth-order valence-corrected chi connectivity index (χ4v) is 2.68. The van der Waals surface area contributed by atoms with Crippen molar-refractivity contribution in [2.45, 2.75) is 30.5 Å². The van der Waals surface area contributed by atoms with Gasteiger partial charge >= 0.3 is 0 Å². The Morgan fingerprint density at radius 3 is 3.06 bits per heavy atom. The van der Waals surface area contributed by atoms with E-state index in [1.54, 1.807) is 23.9 Å². The van der Waals surface area contributed by atoms with Crippen LogP contribution in [0.2, 0.25) is 5.02 Å². The van der Waals surface area contributed by atoms with Crippen LogP contribution in [0.4, 0.5) is 5.69 Å². The number of tetrazole rings is 1. The number of halogens is 1. The molecule has 0 fully saturated rings. The van der Waals surface area contributed by atoms with E-state index in [0.29, 0.717) is 16.5 Å². The van der Waals surface area contributed by atoms with Crippen molar-refractivity contribution in [3.8, 4) is 0 Å². The topological polar surface area (TPSA) is 69.6 Å². The minimum atomic E-state index is 0.677. The first-order valence-corrected chi connectivity index (χ1v) is 7.00. The molecule has 1 aromatic carbocycles. The highest BCUT2D eigenvalue weighted by molar-refractivity contribution is 7.98. The summed E-state index contributed by atoms with van der Waals surface area (Å²) in [6, 6.07) is 5.45. The van der Waals surface area contributed by atoms with Crippen LogP contribution in [0.15, 0.2) is 23.1 Å². The number of aryl methyl sites for hydroxylation is 1. The zero-order valence-corrected chi connectivity index (χ0v) is 11.6. The van der Waals surface area contributed by atoms with Gasteiger partial charge in [0, 0.05) is 17.1 Å². The van der Waals surface area contributed by atoms with Gasteiger partial charge in [-0.05, 0) is 35.0 Å². The number of nitrogens with zero attached hydrogens (tertiary/aromatic N) is 4. The SMILES string of the molecule is CCCn1nnnc1CSc1cc(N)ccc1Cl. The van der Waals surface area contributed by atoms with E-state index in [2.05, 4.69) is 22.4 Å². The molecular formula is C11H14ClN5S. The predicted octanol–water partition coefficient (Wildman–Crippen LogP) is 2.61. The van der Waals surface area contributed by atoms with Gasteiger partial charge < -0.3 is 5.73 Å². The van der Waals surface area contributed by atoms with Crippen LogP contribution in [0.3, 0.4) is 0 Å². The highest BCUT2D eigenvalue weighted by Gasteiger charge is 2.08. The number of hydrogen-bond acceptors (Lipinski definition) is 5. The van der Waals surface area contributed by atoms with Crippen LogP contribution in [0.1, 0.15) is 19.2 Å². The minimum Gasteiger partial charge on any atom is -0.399 e. The lowest BCUT2D eigenvalue weighted by atomic mass is 10.3. The number of aromatic nitrogens is 4. The Morgan fingerprint density at radius 1 is 1.44 bits per heavy atom. The van der Waals surface area contributed by atoms with Crippen molar-refractivity contribution in [2.24, 2.45) is 0 Å². The molecule has 5 nitrogen and oxygen atoms in total. The zero-order valence-electron chi connectivity index (χ0n) is 10.0. The highest BCUT2D eigenvalue weighted by atomic mass is 35.5. The van der Waals surface area contributed by atoms with Crippen molar-refractivity contribution < 1.29 is 0 Å². The van der Waals surface area contributed by atoms with E-state index in [9.17, 15) is 0 Å². The van der Waals surface area contributed by atoms with Crippen LogP contribution < -0.4 is 5.73 Å². The number of nitrogen functional groups attached to an aromatic ring is 1. The summed E-state index contributed by atoms with van der Waals surface area (Å²) in [5.74, 6) is 1.52. The van der Waals surface area contributed by atoms with E-state index in [1.807, 2.05) is 10.7 Å². The summed E-state index contributed by atoms with van der Waals surface area (Å²) in [5, 5.41) is 12.3. The summed E-state index contributed by atoms with van der Waals surface area (Å²) >= 11 is 7.69. The second kappa shape index (κ2) is 6.06. The summed E-state index contributed by atoms with van der Waals surface area (Å²) in [4.78, 5) is 0.947. The third-order valence-electron chi connectivity index (χ3n) is 2.35. The third kappa shape index (κ3) is 3.14. The molecule has 18 heavy (non-hydrogen) atoms. The van der Waals surface area contributed by atoms with Gasteiger partial charge in [0.25, 0.3) is 0 Å². The Balaban J connectivity index is 2.06. The average Bonchev–Trinajstić information content (AvgIpc) is 2.78. The first-order valence-electron chi connectivity index (χ1n) is 5.63. The fourth-order valence-electron chi connectivity index (χ4n) is 1.48. The molecule has 0 amide bonds. The molecule has 2 N–H and O–H groups in total. The van der Waals surface area contributed by atoms with E-state index < -0.39 is 0 Å². The van der Waals surface area contributed by atoms with Gasteiger partial charge in [0.05, 0.1) is 10.8 Å². The Labute approximate surface area is 115 Å². The number of rotatable bonds is 5. The average molecular weight is 284 g/mol. The van der Waals surface area contributed by atoms with Gasteiger partial charge in [0.1, 0.15) is 0 Å². The molecule has 0 spiro atoms. The molecule has 2 aromatic rings. The van der Waals surface area contributed by atoms with Crippen LogP contribution in [0.25, 0.3) is 0 Å². The van der Waals surface area contributed by atoms with Crippen molar-refractivity contribution in [2.75, 3.05) is 5.73 Å². The fraction of sp³-hybridized carbons (Fsp3) is 0.364. The van der Waals surface area contributed by atoms with Crippen LogP contribution in [-0.4, -0.2) is 20.2 Å². The Morgan fingerprint density at radius 2 is 2.28 bits per heavy atom. The van der Waals surface area contributed by atoms with E-state index in [-0.39, 0.29) is 0 Å². The summed E-state index contributed by atoms with van der Waals surface area (Å²) in [7, 11) is 0. The van der Waals surface area contributed by atoms with Gasteiger partial charge in [0.2, 0.25) is 0 Å². The molecule has 0 aliphatic heterocycles. The lowest BCUT2D eigenvalue weighted by molar-refractivity contribution is 0.564. The van der Waals surface area contributed by atoms with Crippen LogP contribution >= 0.6 is 23.4 Å². The molecule has 0 atom stereocenters. The molecule has 96 valence electrons. The lowest BCUT2D eigenvalue weighted by Crippen LogP contribution is -2.04. The largest absolute Gasteiger partial charge is 0.399 e. The first kappa shape index (κ1) is 13.2. The lowest BCUT2D eigenvalue weighted by Gasteiger charge is -2.05. The van der Waals surface area contributed by atoms with Gasteiger partial charge in [-0.1, -0.05) is 18.5 Å². The van der Waals surface area contributed by atoms with E-state index >= 15 is 0 Å². The normalized spacial score (nSPS) is 10.8. The maximum atomic E-state index is 6.10. The first-order chi connectivity index (χ1) is 8.70. The molecule has 0 bridgehead atoms. The van der Waals surface area contributed by atoms with Crippen molar-refractivity contribution in [1.82, 2.24) is 20.2 Å². The molecule has 0 saturated heterocycles. The van der Waals surface area contributed by atoms with Crippen molar-refractivity contribution in [3.63, 3.8) is 0 Å². The molecule has 0 radical (unpaired) electrons. The molecule has 0 aliphatic rings. The van der Waals surface area contributed by atoms with Gasteiger partial charge in [-0.15, -0.1) is 16.9 Å². The Hall–Kier alpha value is -1.27.